The Morgan fingerprint density at radius 1 is 1.56 bits per heavy atom. The third-order valence-electron chi connectivity index (χ3n) is 2.42. The summed E-state index contributed by atoms with van der Waals surface area (Å²) >= 11 is 1.44. The van der Waals surface area contributed by atoms with Gasteiger partial charge in [0.15, 0.2) is 0 Å². The molecule has 0 aliphatic carbocycles. The van der Waals surface area contributed by atoms with Crippen LogP contribution in [0.4, 0.5) is 4.79 Å². The minimum Gasteiger partial charge on any atom is -0.480 e. The van der Waals surface area contributed by atoms with Crippen LogP contribution in [0.2, 0.25) is 0 Å². The van der Waals surface area contributed by atoms with Crippen LogP contribution in [-0.4, -0.2) is 59.4 Å². The molecule has 6 nitrogen and oxygen atoms in total. The minimum atomic E-state index is -0.961. The van der Waals surface area contributed by atoms with Crippen molar-refractivity contribution in [3.63, 3.8) is 0 Å². The van der Waals surface area contributed by atoms with Crippen molar-refractivity contribution in [2.75, 3.05) is 31.4 Å². The van der Waals surface area contributed by atoms with E-state index in [1.54, 1.807) is 6.08 Å². The smallest absolute Gasteiger partial charge is 0.327 e. The van der Waals surface area contributed by atoms with E-state index < -0.39 is 12.0 Å². The van der Waals surface area contributed by atoms with Gasteiger partial charge in [0, 0.05) is 12.3 Å². The van der Waals surface area contributed by atoms with Gasteiger partial charge in [-0.3, -0.25) is 0 Å². The van der Waals surface area contributed by atoms with Gasteiger partial charge in [0.05, 0.1) is 19.1 Å². The maximum absolute atomic E-state index is 11.7. The zero-order valence-corrected chi connectivity index (χ0v) is 10.9. The number of urea groups is 1. The Morgan fingerprint density at radius 3 is 3.00 bits per heavy atom. The molecule has 0 radical (unpaired) electrons. The van der Waals surface area contributed by atoms with E-state index in [2.05, 4.69) is 11.9 Å². The molecule has 0 bridgehead atoms. The number of hydrogen-bond donors (Lipinski definition) is 2. The van der Waals surface area contributed by atoms with E-state index in [9.17, 15) is 9.59 Å². The Bertz CT molecular complexity index is 311. The molecule has 1 atom stereocenters. The minimum absolute atomic E-state index is 0.347. The fourth-order valence-corrected chi connectivity index (χ4v) is 2.59. The molecule has 7 heteroatoms. The average Bonchev–Trinajstić information content (AvgIpc) is 2.82. The van der Waals surface area contributed by atoms with E-state index in [0.717, 1.165) is 6.42 Å². The lowest BCUT2D eigenvalue weighted by Gasteiger charge is -2.20. The van der Waals surface area contributed by atoms with Crippen LogP contribution in [0.15, 0.2) is 12.7 Å². The van der Waals surface area contributed by atoms with Gasteiger partial charge in [0.25, 0.3) is 0 Å². The van der Waals surface area contributed by atoms with Crippen LogP contribution < -0.4 is 5.32 Å². The molecule has 2 amide bonds. The molecule has 1 fully saturated rings. The van der Waals surface area contributed by atoms with Crippen molar-refractivity contribution in [2.24, 2.45) is 0 Å². The third kappa shape index (κ3) is 4.58. The Hall–Kier alpha value is -1.21. The molecular weight excluding hydrogens is 256 g/mol. The normalized spacial score (nSPS) is 18.7. The van der Waals surface area contributed by atoms with Crippen LogP contribution in [0.5, 0.6) is 0 Å². The summed E-state index contributed by atoms with van der Waals surface area (Å²) in [5.41, 5.74) is 0. The molecule has 0 spiro atoms. The number of carbonyl (C=O) groups is 2. The first kappa shape index (κ1) is 14.8. The first-order valence-corrected chi connectivity index (χ1v) is 6.86. The van der Waals surface area contributed by atoms with Gasteiger partial charge in [0.2, 0.25) is 0 Å². The van der Waals surface area contributed by atoms with Crippen molar-refractivity contribution in [1.29, 1.82) is 0 Å². The molecule has 0 aromatic heterocycles. The summed E-state index contributed by atoms with van der Waals surface area (Å²) in [7, 11) is 0. The number of carboxylic acid groups (broad SMARTS) is 1. The largest absolute Gasteiger partial charge is 0.480 e. The second kappa shape index (κ2) is 7.99. The average molecular weight is 274 g/mol. The monoisotopic (exact) mass is 274 g/mol. The summed E-state index contributed by atoms with van der Waals surface area (Å²) in [6, 6.07) is -1.07. The van der Waals surface area contributed by atoms with Gasteiger partial charge < -0.3 is 20.1 Å². The number of amides is 2. The summed E-state index contributed by atoms with van der Waals surface area (Å²) < 4.78 is 5.24. The molecule has 0 aromatic rings. The second-order valence-electron chi connectivity index (χ2n) is 3.75. The van der Waals surface area contributed by atoms with Crippen LogP contribution in [0.1, 0.15) is 6.42 Å². The molecule has 1 unspecified atom stereocenters. The lowest BCUT2D eigenvalue weighted by molar-refractivity contribution is -0.140. The molecule has 18 heavy (non-hydrogen) atoms. The lowest BCUT2D eigenvalue weighted by Crippen LogP contribution is -2.47. The van der Waals surface area contributed by atoms with Gasteiger partial charge >= 0.3 is 12.0 Å². The summed E-state index contributed by atoms with van der Waals surface area (Å²) in [6.07, 6.45) is 2.54. The Kier molecular flexibility index (Phi) is 6.59. The summed E-state index contributed by atoms with van der Waals surface area (Å²) in [6.45, 7) is 4.94. The van der Waals surface area contributed by atoms with Crippen molar-refractivity contribution < 1.29 is 19.4 Å². The number of nitrogens with zero attached hydrogens (tertiary/aromatic N) is 1. The van der Waals surface area contributed by atoms with Crippen LogP contribution >= 0.6 is 11.8 Å². The number of hydrogen-bond acceptors (Lipinski definition) is 4. The number of thioether (sulfide) groups is 1. The van der Waals surface area contributed by atoms with Crippen LogP contribution in [0.3, 0.4) is 0 Å². The van der Waals surface area contributed by atoms with Crippen molar-refractivity contribution in [1.82, 2.24) is 10.2 Å². The van der Waals surface area contributed by atoms with E-state index in [4.69, 9.17) is 9.84 Å². The van der Waals surface area contributed by atoms with Gasteiger partial charge in [0.1, 0.15) is 6.04 Å². The van der Waals surface area contributed by atoms with Crippen LogP contribution in [0, 0.1) is 0 Å². The zero-order chi connectivity index (χ0) is 13.4. The SMILES string of the molecule is C=CCCOCCNC(=O)N1CSCC1C(=O)O. The van der Waals surface area contributed by atoms with E-state index in [1.165, 1.54) is 16.7 Å². The molecule has 1 aliphatic rings. The van der Waals surface area contributed by atoms with Crippen LogP contribution in [-0.2, 0) is 9.53 Å². The van der Waals surface area contributed by atoms with Gasteiger partial charge in [-0.05, 0) is 6.42 Å². The van der Waals surface area contributed by atoms with Gasteiger partial charge in [-0.2, -0.15) is 0 Å². The fraction of sp³-hybridized carbons (Fsp3) is 0.636. The Balaban J connectivity index is 2.20. The quantitative estimate of drug-likeness (QED) is 0.529. The predicted molar refractivity (Wildman–Crippen MR) is 69.6 cm³/mol. The molecule has 2 N–H and O–H groups in total. The predicted octanol–water partition coefficient (Wildman–Crippen LogP) is 0.748. The van der Waals surface area contributed by atoms with Crippen LogP contribution in [0.25, 0.3) is 0 Å². The Labute approximate surface area is 110 Å². The lowest BCUT2D eigenvalue weighted by atomic mass is 10.3. The third-order valence-corrected chi connectivity index (χ3v) is 3.43. The first-order valence-electron chi connectivity index (χ1n) is 5.70. The highest BCUT2D eigenvalue weighted by atomic mass is 32.2. The van der Waals surface area contributed by atoms with E-state index in [-0.39, 0.29) is 6.03 Å². The first-order chi connectivity index (χ1) is 8.66. The number of carboxylic acids is 1. The van der Waals surface area contributed by atoms with Gasteiger partial charge in [-0.1, -0.05) is 6.08 Å². The maximum atomic E-state index is 11.7. The molecule has 1 rings (SSSR count). The molecule has 1 saturated heterocycles. The molecule has 1 heterocycles. The number of ether oxygens (including phenoxy) is 1. The number of rotatable bonds is 7. The maximum Gasteiger partial charge on any atom is 0.327 e. The standard InChI is InChI=1S/C11H18N2O4S/c1-2-3-5-17-6-4-12-11(16)13-8-18-7-9(13)10(14)15/h2,9H,1,3-8H2,(H,12,16)(H,14,15). The van der Waals surface area contributed by atoms with Gasteiger partial charge in [-0.15, -0.1) is 18.3 Å². The van der Waals surface area contributed by atoms with E-state index in [1.807, 2.05) is 0 Å². The van der Waals surface area contributed by atoms with Crippen molar-refractivity contribution >= 4 is 23.8 Å². The molecule has 0 aromatic carbocycles. The number of carbonyl (C=O) groups excluding carboxylic acids is 1. The topological polar surface area (TPSA) is 78.9 Å². The number of nitrogens with one attached hydrogen (secondary N) is 1. The highest BCUT2D eigenvalue weighted by Gasteiger charge is 2.34. The van der Waals surface area contributed by atoms with Crippen molar-refractivity contribution in [2.45, 2.75) is 12.5 Å². The summed E-state index contributed by atoms with van der Waals surface area (Å²) in [5, 5.41) is 11.6. The van der Waals surface area contributed by atoms with Crippen molar-refractivity contribution in [3.8, 4) is 0 Å². The molecule has 102 valence electrons. The summed E-state index contributed by atoms with van der Waals surface area (Å²) in [5.74, 6) is -0.101. The Morgan fingerprint density at radius 2 is 2.33 bits per heavy atom. The van der Waals surface area contributed by atoms with E-state index in [0.29, 0.717) is 31.4 Å². The zero-order valence-electron chi connectivity index (χ0n) is 10.1. The second-order valence-corrected chi connectivity index (χ2v) is 4.75. The van der Waals surface area contributed by atoms with E-state index >= 15 is 0 Å². The van der Waals surface area contributed by atoms with Gasteiger partial charge in [-0.25, -0.2) is 9.59 Å². The fourth-order valence-electron chi connectivity index (χ4n) is 1.45. The molecule has 1 aliphatic heterocycles. The van der Waals surface area contributed by atoms with Crippen molar-refractivity contribution in [3.05, 3.63) is 12.7 Å². The summed E-state index contributed by atoms with van der Waals surface area (Å²) in [4.78, 5) is 23.9. The molecule has 0 saturated carbocycles. The highest BCUT2D eigenvalue weighted by Crippen LogP contribution is 2.20. The number of aliphatic carboxylic acids is 1. The molecular formula is C11H18N2O4S. The highest BCUT2D eigenvalue weighted by molar-refractivity contribution is 7.99.